The van der Waals surface area contributed by atoms with Gasteiger partial charge in [-0.25, -0.2) is 9.98 Å². The fraction of sp³-hybridized carbons (Fsp3) is 0.250. The number of pyridine rings is 1. The molecule has 1 aromatic heterocycles. The predicted octanol–water partition coefficient (Wildman–Crippen LogP) is 2.92. The summed E-state index contributed by atoms with van der Waals surface area (Å²) in [6.45, 7) is 2.48. The fourth-order valence-corrected chi connectivity index (χ4v) is 2.22. The lowest BCUT2D eigenvalue weighted by atomic mass is 10.1. The summed E-state index contributed by atoms with van der Waals surface area (Å²) in [6, 6.07) is 13.9. The number of ether oxygens (including phenoxy) is 2. The van der Waals surface area contributed by atoms with Gasteiger partial charge in [-0.15, -0.1) is 0 Å². The van der Waals surface area contributed by atoms with E-state index in [9.17, 15) is 0 Å². The van der Waals surface area contributed by atoms with Gasteiger partial charge in [-0.3, -0.25) is 0 Å². The minimum Gasteiger partial charge on any atom is -0.497 e. The predicted molar refractivity (Wildman–Crippen MR) is 77.2 cm³/mol. The molecule has 2 aromatic rings. The van der Waals surface area contributed by atoms with Crippen molar-refractivity contribution in [1.82, 2.24) is 4.98 Å². The van der Waals surface area contributed by atoms with Gasteiger partial charge in [-0.05, 0) is 12.5 Å². The van der Waals surface area contributed by atoms with E-state index in [0.717, 1.165) is 22.7 Å². The number of aliphatic imine (C=N–C) groups is 1. The number of benzene rings is 1. The SMILES string of the molecule is COc1cc(C)nc(C2=NC(c3ccccc3)CO2)c1. The molecule has 20 heavy (non-hydrogen) atoms. The van der Waals surface area contributed by atoms with Crippen LogP contribution in [-0.2, 0) is 4.74 Å². The summed E-state index contributed by atoms with van der Waals surface area (Å²) < 4.78 is 10.9. The van der Waals surface area contributed by atoms with Crippen molar-refractivity contribution >= 4 is 5.90 Å². The maximum Gasteiger partial charge on any atom is 0.236 e. The Morgan fingerprint density at radius 2 is 2.00 bits per heavy atom. The summed E-state index contributed by atoms with van der Waals surface area (Å²) in [6.07, 6.45) is 0. The number of rotatable bonds is 3. The topological polar surface area (TPSA) is 43.7 Å². The lowest BCUT2D eigenvalue weighted by Crippen LogP contribution is -2.05. The summed E-state index contributed by atoms with van der Waals surface area (Å²) in [4.78, 5) is 9.08. The van der Waals surface area contributed by atoms with Crippen molar-refractivity contribution < 1.29 is 9.47 Å². The third-order valence-corrected chi connectivity index (χ3v) is 3.22. The van der Waals surface area contributed by atoms with Gasteiger partial charge in [0.15, 0.2) is 0 Å². The first kappa shape index (κ1) is 12.7. The Morgan fingerprint density at radius 1 is 1.20 bits per heavy atom. The second kappa shape index (κ2) is 5.33. The number of methoxy groups -OCH3 is 1. The van der Waals surface area contributed by atoms with Gasteiger partial charge in [-0.1, -0.05) is 30.3 Å². The molecule has 102 valence electrons. The summed E-state index contributed by atoms with van der Waals surface area (Å²) in [5.74, 6) is 1.35. The number of hydrogen-bond donors (Lipinski definition) is 0. The van der Waals surface area contributed by atoms with Crippen molar-refractivity contribution in [2.45, 2.75) is 13.0 Å². The molecule has 0 N–H and O–H groups in total. The van der Waals surface area contributed by atoms with Gasteiger partial charge < -0.3 is 9.47 Å². The zero-order valence-corrected chi connectivity index (χ0v) is 11.5. The third-order valence-electron chi connectivity index (χ3n) is 3.22. The Bertz CT molecular complexity index is 638. The molecule has 2 heterocycles. The van der Waals surface area contributed by atoms with Gasteiger partial charge in [-0.2, -0.15) is 0 Å². The van der Waals surface area contributed by atoms with E-state index in [2.05, 4.69) is 22.1 Å². The molecule has 1 aliphatic rings. The van der Waals surface area contributed by atoms with E-state index in [1.807, 2.05) is 37.3 Å². The maximum atomic E-state index is 5.69. The maximum absolute atomic E-state index is 5.69. The molecule has 0 radical (unpaired) electrons. The van der Waals surface area contributed by atoms with Crippen LogP contribution < -0.4 is 4.74 Å². The lowest BCUT2D eigenvalue weighted by molar-refractivity contribution is 0.318. The van der Waals surface area contributed by atoms with Crippen LogP contribution in [0.25, 0.3) is 0 Å². The van der Waals surface area contributed by atoms with E-state index in [1.54, 1.807) is 7.11 Å². The summed E-state index contributed by atoms with van der Waals surface area (Å²) >= 11 is 0. The smallest absolute Gasteiger partial charge is 0.236 e. The van der Waals surface area contributed by atoms with Crippen molar-refractivity contribution in [1.29, 1.82) is 0 Å². The first-order chi connectivity index (χ1) is 9.76. The van der Waals surface area contributed by atoms with Crippen LogP contribution in [0.4, 0.5) is 0 Å². The van der Waals surface area contributed by atoms with Crippen LogP contribution in [-0.4, -0.2) is 24.6 Å². The van der Waals surface area contributed by atoms with E-state index in [1.165, 1.54) is 0 Å². The van der Waals surface area contributed by atoms with Crippen molar-refractivity contribution in [3.63, 3.8) is 0 Å². The van der Waals surface area contributed by atoms with Crippen molar-refractivity contribution in [2.75, 3.05) is 13.7 Å². The standard InChI is InChI=1S/C16H16N2O2/c1-11-8-13(19-2)9-14(17-11)16-18-15(10-20-16)12-6-4-3-5-7-12/h3-9,15H,10H2,1-2H3. The van der Waals surface area contributed by atoms with Crippen LogP contribution in [0.1, 0.15) is 23.0 Å². The normalized spacial score (nSPS) is 17.5. The van der Waals surface area contributed by atoms with Crippen molar-refractivity contribution in [3.05, 3.63) is 59.4 Å². The van der Waals surface area contributed by atoms with Crippen LogP contribution in [0.3, 0.4) is 0 Å². The Hall–Kier alpha value is -2.36. The number of hydrogen-bond acceptors (Lipinski definition) is 4. The molecular weight excluding hydrogens is 252 g/mol. The number of aromatic nitrogens is 1. The van der Waals surface area contributed by atoms with Crippen LogP contribution >= 0.6 is 0 Å². The molecule has 0 saturated heterocycles. The molecular formula is C16H16N2O2. The zero-order chi connectivity index (χ0) is 13.9. The Balaban J connectivity index is 1.90. The van der Waals surface area contributed by atoms with Gasteiger partial charge in [0, 0.05) is 17.8 Å². The fourth-order valence-electron chi connectivity index (χ4n) is 2.22. The molecule has 4 heteroatoms. The summed E-state index contributed by atoms with van der Waals surface area (Å²) in [5, 5.41) is 0. The lowest BCUT2D eigenvalue weighted by Gasteiger charge is -2.05. The zero-order valence-electron chi connectivity index (χ0n) is 11.5. The van der Waals surface area contributed by atoms with Gasteiger partial charge in [0.2, 0.25) is 5.90 Å². The van der Waals surface area contributed by atoms with Crippen molar-refractivity contribution in [2.24, 2.45) is 4.99 Å². The minimum atomic E-state index is 0.0412. The largest absolute Gasteiger partial charge is 0.497 e. The van der Waals surface area contributed by atoms with Gasteiger partial charge in [0.25, 0.3) is 0 Å². The number of nitrogens with zero attached hydrogens (tertiary/aromatic N) is 2. The highest BCUT2D eigenvalue weighted by atomic mass is 16.5. The molecule has 0 amide bonds. The highest BCUT2D eigenvalue weighted by Gasteiger charge is 2.22. The quantitative estimate of drug-likeness (QED) is 0.859. The van der Waals surface area contributed by atoms with E-state index >= 15 is 0 Å². The Kier molecular flexibility index (Phi) is 3.37. The second-order valence-corrected chi connectivity index (χ2v) is 4.71. The molecule has 0 bridgehead atoms. The van der Waals surface area contributed by atoms with Crippen LogP contribution in [0.15, 0.2) is 47.5 Å². The molecule has 0 fully saturated rings. The van der Waals surface area contributed by atoms with E-state index in [4.69, 9.17) is 9.47 Å². The molecule has 1 unspecified atom stereocenters. The molecule has 0 spiro atoms. The molecule has 0 aliphatic carbocycles. The van der Waals surface area contributed by atoms with Crippen molar-refractivity contribution in [3.8, 4) is 5.75 Å². The molecule has 1 aromatic carbocycles. The molecule has 1 atom stereocenters. The average molecular weight is 268 g/mol. The molecule has 3 rings (SSSR count). The second-order valence-electron chi connectivity index (χ2n) is 4.71. The highest BCUT2D eigenvalue weighted by Crippen LogP contribution is 2.25. The van der Waals surface area contributed by atoms with E-state index < -0.39 is 0 Å². The monoisotopic (exact) mass is 268 g/mol. The van der Waals surface area contributed by atoms with Crippen LogP contribution in [0.5, 0.6) is 5.75 Å². The minimum absolute atomic E-state index is 0.0412. The van der Waals surface area contributed by atoms with E-state index in [-0.39, 0.29) is 6.04 Å². The summed E-state index contributed by atoms with van der Waals surface area (Å²) in [5.41, 5.74) is 2.76. The van der Waals surface area contributed by atoms with Gasteiger partial charge >= 0.3 is 0 Å². The van der Waals surface area contributed by atoms with Crippen LogP contribution in [0.2, 0.25) is 0 Å². The van der Waals surface area contributed by atoms with Gasteiger partial charge in [0.05, 0.1) is 7.11 Å². The third kappa shape index (κ3) is 2.50. The average Bonchev–Trinajstić information content (AvgIpc) is 2.97. The molecule has 1 aliphatic heterocycles. The van der Waals surface area contributed by atoms with Crippen LogP contribution in [0, 0.1) is 6.92 Å². The molecule has 0 saturated carbocycles. The first-order valence-corrected chi connectivity index (χ1v) is 6.55. The summed E-state index contributed by atoms with van der Waals surface area (Å²) in [7, 11) is 1.64. The first-order valence-electron chi connectivity index (χ1n) is 6.55. The highest BCUT2D eigenvalue weighted by molar-refractivity contribution is 5.93. The Labute approximate surface area is 118 Å². The van der Waals surface area contributed by atoms with Gasteiger partial charge in [0.1, 0.15) is 24.1 Å². The number of aryl methyl sites for hydroxylation is 1. The van der Waals surface area contributed by atoms with E-state index in [0.29, 0.717) is 12.5 Å². The Morgan fingerprint density at radius 3 is 2.75 bits per heavy atom. The molecule has 4 nitrogen and oxygen atoms in total.